The van der Waals surface area contributed by atoms with Gasteiger partial charge in [0.2, 0.25) is 10.0 Å². The van der Waals surface area contributed by atoms with Crippen LogP contribution in [-0.4, -0.2) is 53.1 Å². The van der Waals surface area contributed by atoms with E-state index in [1.165, 1.54) is 14.2 Å². The first-order chi connectivity index (χ1) is 14.8. The van der Waals surface area contributed by atoms with Gasteiger partial charge in [-0.25, -0.2) is 8.42 Å². The number of rotatable bonds is 6. The second kappa shape index (κ2) is 8.42. The molecule has 3 rings (SSSR count). The number of carbonyl (C=O) groups is 1. The van der Waals surface area contributed by atoms with Crippen LogP contribution in [0.25, 0.3) is 0 Å². The molecule has 1 N–H and O–H groups in total. The van der Waals surface area contributed by atoms with Gasteiger partial charge in [-0.15, -0.1) is 0 Å². The van der Waals surface area contributed by atoms with Crippen molar-refractivity contribution in [3.63, 3.8) is 0 Å². The number of amides is 1. The van der Waals surface area contributed by atoms with Gasteiger partial charge in [0.1, 0.15) is 5.75 Å². The minimum absolute atomic E-state index is 0.307. The Balaban J connectivity index is 2.03. The van der Waals surface area contributed by atoms with Crippen LogP contribution in [0.15, 0.2) is 42.5 Å². The van der Waals surface area contributed by atoms with Crippen LogP contribution < -0.4 is 19.8 Å². The molecule has 0 spiro atoms. The van der Waals surface area contributed by atoms with E-state index >= 15 is 0 Å². The van der Waals surface area contributed by atoms with Crippen LogP contribution in [0.3, 0.4) is 0 Å². The molecule has 0 aliphatic carbocycles. The molecule has 2 aromatic carbocycles. The summed E-state index contributed by atoms with van der Waals surface area (Å²) in [4.78, 5) is 13.0. The van der Waals surface area contributed by atoms with Crippen LogP contribution in [0.1, 0.15) is 38.1 Å². The maximum atomic E-state index is 13.0. The van der Waals surface area contributed by atoms with Crippen molar-refractivity contribution in [2.75, 3.05) is 30.0 Å². The van der Waals surface area contributed by atoms with Gasteiger partial charge < -0.3 is 19.4 Å². The first-order valence-corrected chi connectivity index (χ1v) is 12.0. The predicted octanol–water partition coefficient (Wildman–Crippen LogP) is 2.64. The number of benzene rings is 2. The zero-order valence-corrected chi connectivity index (χ0v) is 20.2. The molecule has 1 aliphatic rings. The van der Waals surface area contributed by atoms with E-state index in [-0.39, 0.29) is 0 Å². The number of nitrogens with zero attached hydrogens (tertiary/aromatic N) is 1. The number of methoxy groups -OCH3 is 1. The molecule has 8 nitrogen and oxygen atoms in total. The lowest BCUT2D eigenvalue weighted by molar-refractivity contribution is 0.00578. The molecule has 0 bridgehead atoms. The Bertz CT molecular complexity index is 1120. The van der Waals surface area contributed by atoms with Crippen molar-refractivity contribution in [3.05, 3.63) is 48.0 Å². The Morgan fingerprint density at radius 2 is 1.66 bits per heavy atom. The zero-order chi connectivity index (χ0) is 23.9. The molecule has 0 aromatic heterocycles. The van der Waals surface area contributed by atoms with Crippen LogP contribution in [0.5, 0.6) is 5.75 Å². The highest BCUT2D eigenvalue weighted by molar-refractivity contribution is 7.92. The molecule has 32 heavy (non-hydrogen) atoms. The highest BCUT2D eigenvalue weighted by atomic mass is 32.2. The average Bonchev–Trinajstić information content (AvgIpc) is 2.93. The molecular weight excluding hydrogens is 431 g/mol. The fraction of sp³-hybridized carbons (Fsp3) is 0.409. The van der Waals surface area contributed by atoms with E-state index in [4.69, 9.17) is 14.0 Å². The summed E-state index contributed by atoms with van der Waals surface area (Å²) in [5.74, 6) is -0.0261. The van der Waals surface area contributed by atoms with Gasteiger partial charge in [0, 0.05) is 7.05 Å². The highest BCUT2D eigenvalue weighted by Crippen LogP contribution is 2.37. The lowest BCUT2D eigenvalue weighted by Crippen LogP contribution is -2.41. The zero-order valence-electron chi connectivity index (χ0n) is 19.4. The molecule has 0 atom stereocenters. The van der Waals surface area contributed by atoms with Crippen LogP contribution in [0, 0.1) is 0 Å². The van der Waals surface area contributed by atoms with Crippen molar-refractivity contribution in [2.24, 2.45) is 0 Å². The van der Waals surface area contributed by atoms with E-state index in [0.717, 1.165) is 10.6 Å². The Hall–Kier alpha value is -2.56. The number of hydrogen-bond donors (Lipinski definition) is 1. The molecule has 0 radical (unpaired) electrons. The predicted molar refractivity (Wildman–Crippen MR) is 126 cm³/mol. The van der Waals surface area contributed by atoms with Crippen molar-refractivity contribution in [1.82, 2.24) is 0 Å². The lowest BCUT2D eigenvalue weighted by Gasteiger charge is -2.32. The highest BCUT2D eigenvalue weighted by Gasteiger charge is 2.51. The number of sulfonamides is 1. The topological polar surface area (TPSA) is 94.2 Å². The molecule has 0 saturated carbocycles. The van der Waals surface area contributed by atoms with Gasteiger partial charge in [-0.2, -0.15) is 0 Å². The van der Waals surface area contributed by atoms with Gasteiger partial charge in [0.25, 0.3) is 5.91 Å². The number of hydrogen-bond acceptors (Lipinski definition) is 6. The molecule has 1 aliphatic heterocycles. The number of anilines is 2. The summed E-state index contributed by atoms with van der Waals surface area (Å²) < 4.78 is 43.0. The third-order valence-electron chi connectivity index (χ3n) is 5.98. The SMILES string of the molecule is COc1ccccc1C(=O)Nc1cc(B2OC(C)(C)C(C)(C)O2)ccc1N(C)S(C)(=O)=O. The number of carbonyl (C=O) groups excluding carboxylic acids is 1. The summed E-state index contributed by atoms with van der Waals surface area (Å²) in [6, 6.07) is 11.8. The van der Waals surface area contributed by atoms with E-state index in [1.54, 1.807) is 42.5 Å². The van der Waals surface area contributed by atoms with E-state index < -0.39 is 34.3 Å². The average molecular weight is 460 g/mol. The first-order valence-electron chi connectivity index (χ1n) is 10.1. The normalized spacial score (nSPS) is 17.2. The van der Waals surface area contributed by atoms with Crippen LogP contribution in [-0.2, 0) is 19.3 Å². The summed E-state index contributed by atoms with van der Waals surface area (Å²) in [6.45, 7) is 7.79. The smallest absolute Gasteiger partial charge is 0.494 e. The summed E-state index contributed by atoms with van der Waals surface area (Å²) in [5.41, 5.74) is 0.521. The Morgan fingerprint density at radius 3 is 2.22 bits per heavy atom. The van der Waals surface area contributed by atoms with Crippen molar-refractivity contribution in [3.8, 4) is 5.75 Å². The molecular formula is C22H29BN2O6S. The first kappa shape index (κ1) is 24.1. The van der Waals surface area contributed by atoms with Crippen LogP contribution in [0.2, 0.25) is 0 Å². The number of para-hydroxylation sites is 1. The van der Waals surface area contributed by atoms with Gasteiger partial charge in [0.15, 0.2) is 0 Å². The molecule has 1 fully saturated rings. The molecule has 0 unspecified atom stereocenters. The number of ether oxygens (including phenoxy) is 1. The molecule has 1 heterocycles. The molecule has 2 aromatic rings. The molecule has 1 amide bonds. The van der Waals surface area contributed by atoms with E-state index in [2.05, 4.69) is 5.32 Å². The third-order valence-corrected chi connectivity index (χ3v) is 7.17. The van der Waals surface area contributed by atoms with Crippen molar-refractivity contribution in [1.29, 1.82) is 0 Å². The molecule has 10 heteroatoms. The summed E-state index contributed by atoms with van der Waals surface area (Å²) in [7, 11) is -1.32. The van der Waals surface area contributed by atoms with Gasteiger partial charge in [-0.1, -0.05) is 18.2 Å². The van der Waals surface area contributed by atoms with Gasteiger partial charge in [-0.3, -0.25) is 9.10 Å². The summed E-state index contributed by atoms with van der Waals surface area (Å²) >= 11 is 0. The van der Waals surface area contributed by atoms with Crippen LogP contribution in [0.4, 0.5) is 11.4 Å². The largest absolute Gasteiger partial charge is 0.496 e. The van der Waals surface area contributed by atoms with Crippen LogP contribution >= 0.6 is 0 Å². The van der Waals surface area contributed by atoms with Gasteiger partial charge in [-0.05, 0) is 57.4 Å². The molecule has 1 saturated heterocycles. The Kier molecular flexibility index (Phi) is 6.34. The van der Waals surface area contributed by atoms with E-state index in [1.807, 2.05) is 27.7 Å². The quantitative estimate of drug-likeness (QED) is 0.667. The minimum atomic E-state index is -3.57. The van der Waals surface area contributed by atoms with Crippen molar-refractivity contribution in [2.45, 2.75) is 38.9 Å². The van der Waals surface area contributed by atoms with Crippen molar-refractivity contribution < 1.29 is 27.3 Å². The Labute approximate surface area is 190 Å². The second-order valence-corrected chi connectivity index (χ2v) is 10.8. The summed E-state index contributed by atoms with van der Waals surface area (Å²) in [6.07, 6.45) is 1.10. The maximum absolute atomic E-state index is 13.0. The van der Waals surface area contributed by atoms with E-state index in [9.17, 15) is 13.2 Å². The standard InChI is InChI=1S/C22H29BN2O6S/c1-21(2)22(3,4)31-23(30-21)15-12-13-18(25(5)32(7,27)28)17(14-15)24-20(26)16-10-8-9-11-19(16)29-6/h8-14H,1-7H3,(H,24,26). The summed E-state index contributed by atoms with van der Waals surface area (Å²) in [5, 5.41) is 2.82. The monoisotopic (exact) mass is 460 g/mol. The second-order valence-electron chi connectivity index (χ2n) is 8.75. The van der Waals surface area contributed by atoms with E-state index in [0.29, 0.717) is 28.2 Å². The fourth-order valence-corrected chi connectivity index (χ4v) is 3.77. The van der Waals surface area contributed by atoms with Crippen molar-refractivity contribution >= 4 is 39.9 Å². The lowest BCUT2D eigenvalue weighted by atomic mass is 9.78. The minimum Gasteiger partial charge on any atom is -0.496 e. The Morgan fingerprint density at radius 1 is 1.06 bits per heavy atom. The van der Waals surface area contributed by atoms with Gasteiger partial charge >= 0.3 is 7.12 Å². The number of nitrogens with one attached hydrogen (secondary N) is 1. The third kappa shape index (κ3) is 4.62. The molecule has 172 valence electrons. The maximum Gasteiger partial charge on any atom is 0.494 e. The fourth-order valence-electron chi connectivity index (χ4n) is 3.25. The van der Waals surface area contributed by atoms with Gasteiger partial charge in [0.05, 0.1) is 41.5 Å².